The number of hydrogen-bond acceptors (Lipinski definition) is 1. The van der Waals surface area contributed by atoms with E-state index in [1.165, 1.54) is 23.7 Å². The Hall–Kier alpha value is -0.301. The van der Waals surface area contributed by atoms with Crippen LogP contribution >= 0.6 is 0 Å². The van der Waals surface area contributed by atoms with Gasteiger partial charge in [0.2, 0.25) is 0 Å². The van der Waals surface area contributed by atoms with Gasteiger partial charge in [-0.1, -0.05) is 0 Å². The predicted molar refractivity (Wildman–Crippen MR) is 74.1 cm³/mol. The average molecular weight is 297 g/mol. The molecule has 1 saturated heterocycles. The molecule has 94 valence electrons. The third-order valence-corrected chi connectivity index (χ3v) is 7.08. The van der Waals surface area contributed by atoms with Gasteiger partial charge >= 0.3 is 111 Å². The van der Waals surface area contributed by atoms with E-state index >= 15 is 0 Å². The van der Waals surface area contributed by atoms with Gasteiger partial charge in [0, 0.05) is 0 Å². The standard InChI is InChI=1S/C15H22OSe/c1-4-14(15(3)11-10-12(2)16-15)17-13-8-6-5-7-9-13/h5-9,12,14H,4,10-11H2,1-3H3. The molecule has 0 radical (unpaired) electrons. The molecule has 3 unspecified atom stereocenters. The molecule has 0 aliphatic carbocycles. The van der Waals surface area contributed by atoms with Crippen molar-refractivity contribution in [2.24, 2.45) is 0 Å². The summed E-state index contributed by atoms with van der Waals surface area (Å²) in [6, 6.07) is 10.9. The van der Waals surface area contributed by atoms with Gasteiger partial charge < -0.3 is 0 Å². The monoisotopic (exact) mass is 298 g/mol. The second-order valence-electron chi connectivity index (χ2n) is 5.11. The average Bonchev–Trinajstić information content (AvgIpc) is 2.68. The molecule has 2 rings (SSSR count). The van der Waals surface area contributed by atoms with E-state index < -0.39 is 0 Å². The van der Waals surface area contributed by atoms with Gasteiger partial charge in [-0.2, -0.15) is 0 Å². The Balaban J connectivity index is 2.07. The van der Waals surface area contributed by atoms with E-state index in [-0.39, 0.29) is 5.60 Å². The van der Waals surface area contributed by atoms with Crippen LogP contribution in [0, 0.1) is 0 Å². The molecule has 0 saturated carbocycles. The molecule has 1 aliphatic heterocycles. The van der Waals surface area contributed by atoms with Crippen molar-refractivity contribution in [2.75, 3.05) is 0 Å². The maximum atomic E-state index is 6.19. The van der Waals surface area contributed by atoms with Gasteiger partial charge in [-0.05, 0) is 0 Å². The van der Waals surface area contributed by atoms with E-state index in [0.717, 1.165) is 0 Å². The summed E-state index contributed by atoms with van der Waals surface area (Å²) in [5.74, 6) is 0. The van der Waals surface area contributed by atoms with E-state index in [9.17, 15) is 0 Å². The molecule has 1 heterocycles. The number of ether oxygens (including phenoxy) is 1. The SMILES string of the molecule is CCC([Se]c1ccccc1)C1(C)CCC(C)O1. The van der Waals surface area contributed by atoms with Crippen molar-refractivity contribution in [3.8, 4) is 0 Å². The third-order valence-electron chi connectivity index (χ3n) is 3.59. The maximum absolute atomic E-state index is 6.19. The van der Waals surface area contributed by atoms with Crippen molar-refractivity contribution in [3.05, 3.63) is 30.3 Å². The van der Waals surface area contributed by atoms with Gasteiger partial charge in [0.05, 0.1) is 0 Å². The Morgan fingerprint density at radius 3 is 2.65 bits per heavy atom. The first-order chi connectivity index (χ1) is 8.14. The minimum atomic E-state index is 0.115. The molecule has 0 amide bonds. The van der Waals surface area contributed by atoms with Crippen LogP contribution in [0.1, 0.15) is 40.0 Å². The fourth-order valence-corrected chi connectivity index (χ4v) is 5.19. The van der Waals surface area contributed by atoms with E-state index in [1.54, 1.807) is 0 Å². The van der Waals surface area contributed by atoms with Crippen LogP contribution in [0.2, 0.25) is 4.82 Å². The summed E-state index contributed by atoms with van der Waals surface area (Å²) in [6.45, 7) is 6.82. The summed E-state index contributed by atoms with van der Waals surface area (Å²) in [4.78, 5) is 0.697. The fraction of sp³-hybridized carbons (Fsp3) is 0.600. The summed E-state index contributed by atoms with van der Waals surface area (Å²) < 4.78 is 7.69. The Kier molecular flexibility index (Phi) is 4.30. The molecule has 1 aliphatic rings. The second kappa shape index (κ2) is 5.56. The first kappa shape index (κ1) is 13.1. The van der Waals surface area contributed by atoms with Crippen LogP contribution < -0.4 is 4.46 Å². The number of benzene rings is 1. The summed E-state index contributed by atoms with van der Waals surface area (Å²) in [5, 5.41) is 0. The zero-order valence-corrected chi connectivity index (χ0v) is 12.7. The van der Waals surface area contributed by atoms with Gasteiger partial charge in [-0.25, -0.2) is 0 Å². The molecular formula is C15H22OSe. The van der Waals surface area contributed by atoms with Crippen LogP contribution in [0.15, 0.2) is 30.3 Å². The van der Waals surface area contributed by atoms with Crippen molar-refractivity contribution in [1.29, 1.82) is 0 Å². The number of hydrogen-bond donors (Lipinski definition) is 0. The van der Waals surface area contributed by atoms with Crippen molar-refractivity contribution < 1.29 is 4.74 Å². The molecule has 1 aromatic carbocycles. The molecule has 1 aromatic rings. The summed E-state index contributed by atoms with van der Waals surface area (Å²) in [6.07, 6.45) is 4.11. The predicted octanol–water partition coefficient (Wildman–Crippen LogP) is 3.17. The molecule has 0 bridgehead atoms. The Labute approximate surface area is 111 Å². The van der Waals surface area contributed by atoms with Crippen LogP contribution in [0.5, 0.6) is 0 Å². The quantitative estimate of drug-likeness (QED) is 0.776. The zero-order chi connectivity index (χ0) is 12.3. The van der Waals surface area contributed by atoms with Crippen molar-refractivity contribution in [3.63, 3.8) is 0 Å². The molecule has 1 fully saturated rings. The van der Waals surface area contributed by atoms with E-state index in [4.69, 9.17) is 4.74 Å². The van der Waals surface area contributed by atoms with Crippen LogP contribution in [0.3, 0.4) is 0 Å². The molecule has 3 atom stereocenters. The van der Waals surface area contributed by atoms with Crippen LogP contribution in [-0.2, 0) is 4.74 Å². The van der Waals surface area contributed by atoms with E-state index in [1.807, 2.05) is 0 Å². The van der Waals surface area contributed by atoms with Crippen LogP contribution in [0.4, 0.5) is 0 Å². The fourth-order valence-electron chi connectivity index (χ4n) is 2.61. The van der Waals surface area contributed by atoms with Crippen molar-refractivity contribution >= 4 is 19.4 Å². The topological polar surface area (TPSA) is 9.23 Å². The molecule has 0 aromatic heterocycles. The first-order valence-corrected chi connectivity index (χ1v) is 8.38. The Morgan fingerprint density at radius 2 is 2.12 bits per heavy atom. The summed E-state index contributed by atoms with van der Waals surface area (Å²) in [5.41, 5.74) is 0.115. The molecular weight excluding hydrogens is 275 g/mol. The zero-order valence-electron chi connectivity index (χ0n) is 11.0. The van der Waals surface area contributed by atoms with Gasteiger partial charge in [0.1, 0.15) is 0 Å². The molecule has 2 heteroatoms. The number of rotatable bonds is 4. The normalized spacial score (nSPS) is 30.4. The Bertz CT molecular complexity index is 351. The molecule has 17 heavy (non-hydrogen) atoms. The van der Waals surface area contributed by atoms with Crippen LogP contribution in [-0.4, -0.2) is 26.7 Å². The van der Waals surface area contributed by atoms with Gasteiger partial charge in [0.15, 0.2) is 0 Å². The minimum absolute atomic E-state index is 0.115. The molecule has 1 nitrogen and oxygen atoms in total. The van der Waals surface area contributed by atoms with E-state index in [0.29, 0.717) is 25.9 Å². The van der Waals surface area contributed by atoms with E-state index in [2.05, 4.69) is 51.1 Å². The second-order valence-corrected chi connectivity index (χ2v) is 7.79. The van der Waals surface area contributed by atoms with Gasteiger partial charge in [0.25, 0.3) is 0 Å². The van der Waals surface area contributed by atoms with Crippen LogP contribution in [0.25, 0.3) is 0 Å². The first-order valence-electron chi connectivity index (χ1n) is 6.53. The summed E-state index contributed by atoms with van der Waals surface area (Å²) >= 11 is 0.523. The molecule has 0 spiro atoms. The van der Waals surface area contributed by atoms with Crippen molar-refractivity contribution in [2.45, 2.75) is 56.6 Å². The Morgan fingerprint density at radius 1 is 1.41 bits per heavy atom. The summed E-state index contributed by atoms with van der Waals surface area (Å²) in [7, 11) is 0. The molecule has 0 N–H and O–H groups in total. The van der Waals surface area contributed by atoms with Gasteiger partial charge in [-0.3, -0.25) is 0 Å². The van der Waals surface area contributed by atoms with Crippen molar-refractivity contribution in [1.82, 2.24) is 0 Å². The van der Waals surface area contributed by atoms with Gasteiger partial charge in [-0.15, -0.1) is 0 Å². The third kappa shape index (κ3) is 3.13.